The molecule has 0 unspecified atom stereocenters. The molecule has 6 heterocycles. The Morgan fingerprint density at radius 3 is 1.64 bits per heavy atom. The zero-order valence-electron chi connectivity index (χ0n) is 46.3. The number of aromatic nitrogens is 4. The molecule has 0 saturated carbocycles. The highest BCUT2D eigenvalue weighted by atomic mass is 32.1. The molecule has 0 bridgehead atoms. The molecule has 6 aromatic heterocycles. The van der Waals surface area contributed by atoms with Crippen LogP contribution in [0.25, 0.3) is 116 Å². The second kappa shape index (κ2) is 10.3. The van der Waals surface area contributed by atoms with Crippen LogP contribution in [0, 0.1) is 0 Å². The molecule has 53 heavy (non-hydrogen) atoms. The van der Waals surface area contributed by atoms with Crippen molar-refractivity contribution >= 4 is 138 Å². The summed E-state index contributed by atoms with van der Waals surface area (Å²) in [6.45, 7) is 0. The lowest BCUT2D eigenvalue weighted by molar-refractivity contribution is 1.08. The van der Waals surface area contributed by atoms with E-state index in [0.717, 1.165) is 22.7 Å². The number of hydrogen-bond donors (Lipinski definition) is 0. The summed E-state index contributed by atoms with van der Waals surface area (Å²) >= 11 is 3.05. The lowest BCUT2D eigenvalue weighted by Crippen LogP contribution is -1.98. The summed E-state index contributed by atoms with van der Waals surface area (Å²) in [6, 6.07) is -4.43. The van der Waals surface area contributed by atoms with Crippen LogP contribution in [-0.4, -0.2) is 19.1 Å². The number of hydrogen-bond acceptors (Lipinski definition) is 5. The Morgan fingerprint density at radius 1 is 0.434 bits per heavy atom. The van der Waals surface area contributed by atoms with Crippen LogP contribution in [0.5, 0.6) is 0 Å². The minimum Gasteiger partial charge on any atom is -0.309 e. The molecule has 0 radical (unpaired) electrons. The molecule has 7 aromatic carbocycles. The number of thiophene rings is 3. The predicted molar refractivity (Wildman–Crippen MR) is 229 cm³/mol. The summed E-state index contributed by atoms with van der Waals surface area (Å²) in [4.78, 5) is 9.34. The summed E-state index contributed by atoms with van der Waals surface area (Å²) in [6.07, 6.45) is 1.22. The monoisotopic (exact) mass is 748 g/mol. The van der Waals surface area contributed by atoms with Gasteiger partial charge < -0.3 is 4.57 Å². The molecule has 7 heteroatoms. The number of para-hydroxylation sites is 2. The van der Waals surface area contributed by atoms with Gasteiger partial charge in [0.25, 0.3) is 0 Å². The van der Waals surface area contributed by atoms with Crippen LogP contribution in [0.3, 0.4) is 0 Å². The summed E-state index contributed by atoms with van der Waals surface area (Å²) in [5, 5.41) is 0.810. The lowest BCUT2D eigenvalue weighted by Gasteiger charge is -2.09. The third-order valence-corrected chi connectivity index (χ3v) is 13.0. The van der Waals surface area contributed by atoms with Crippen molar-refractivity contribution in [3.8, 4) is 11.5 Å². The van der Waals surface area contributed by atoms with Crippen LogP contribution in [0.2, 0.25) is 0 Å². The molecular weight excluding hydrogens is 705 g/mol. The zero-order chi connectivity index (χ0) is 51.8. The molecule has 13 rings (SSSR count). The van der Waals surface area contributed by atoms with Gasteiger partial charge in [0.2, 0.25) is 0 Å². The molecule has 0 N–H and O–H groups in total. The largest absolute Gasteiger partial charge is 0.309 e. The number of rotatable bonds is 2. The number of nitrogens with zero attached hydrogens (tertiary/aromatic N) is 4. The van der Waals surface area contributed by atoms with E-state index >= 15 is 0 Å². The molecule has 0 aliphatic heterocycles. The smallest absolute Gasteiger partial charge is 0.159 e. The Morgan fingerprint density at radius 2 is 0.981 bits per heavy atom. The van der Waals surface area contributed by atoms with Crippen LogP contribution in [0.15, 0.2) is 145 Å². The number of fused-ring (bicyclic) bond motifs is 17. The average molecular weight is 749 g/mol. The first-order chi connectivity index (χ1) is 34.6. The predicted octanol–water partition coefficient (Wildman–Crippen LogP) is 13.8. The van der Waals surface area contributed by atoms with E-state index in [2.05, 4.69) is 9.97 Å². The van der Waals surface area contributed by atoms with Gasteiger partial charge >= 0.3 is 0 Å². The van der Waals surface area contributed by atoms with Gasteiger partial charge in [-0.1, -0.05) is 84.6 Å². The summed E-state index contributed by atoms with van der Waals surface area (Å²) in [7, 11) is 0. The Kier molecular flexibility index (Phi) is 3.07. The normalized spacial score (nSPS) is 17.8. The third kappa shape index (κ3) is 3.68. The van der Waals surface area contributed by atoms with E-state index in [9.17, 15) is 11.0 Å². The second-order valence-corrected chi connectivity index (χ2v) is 15.3. The first-order valence-electron chi connectivity index (χ1n) is 26.0. The van der Waals surface area contributed by atoms with E-state index in [1.54, 1.807) is 18.2 Å². The molecule has 0 saturated heterocycles. The molecule has 0 spiro atoms. The van der Waals surface area contributed by atoms with Crippen LogP contribution >= 0.6 is 34.0 Å². The SMILES string of the molecule is [2H]c1c([2H])c([2H])c2c(sc3c2c([2H])c([2H])c2c3c3c([2H])c([2H])c([2H])c([2H])c3n2-c2ccc3sc4c(-n5c6c([2H])c([2H])c([2H])c([2H])c6c6c7sc8c([2H])c([2H])c([2H])c([2H])c8c7c([2H])c([2H])c65)ncnc4c3c2)c1[2H]. The van der Waals surface area contributed by atoms with Gasteiger partial charge in [0, 0.05) is 77.7 Å². The van der Waals surface area contributed by atoms with Gasteiger partial charge in [-0.05, 0) is 54.5 Å². The summed E-state index contributed by atoms with van der Waals surface area (Å²) in [5.41, 5.74) is 0.428. The summed E-state index contributed by atoms with van der Waals surface area (Å²) < 4.78 is 183. The quantitative estimate of drug-likeness (QED) is 0.176. The van der Waals surface area contributed by atoms with Crippen LogP contribution < -0.4 is 0 Å². The Hall–Kier alpha value is -6.12. The van der Waals surface area contributed by atoms with Crippen molar-refractivity contribution in [3.63, 3.8) is 0 Å². The van der Waals surface area contributed by atoms with Crippen molar-refractivity contribution in [3.05, 3.63) is 145 Å². The third-order valence-electron chi connectivity index (χ3n) is 9.62. The fourth-order valence-electron chi connectivity index (χ4n) is 7.47. The van der Waals surface area contributed by atoms with E-state index in [4.69, 9.17) is 16.4 Å². The number of benzene rings is 7. The maximum atomic E-state index is 9.57. The van der Waals surface area contributed by atoms with E-state index in [-0.39, 0.29) is 114 Å². The van der Waals surface area contributed by atoms with Crippen LogP contribution in [-0.2, 0) is 0 Å². The van der Waals surface area contributed by atoms with Gasteiger partial charge in [-0.3, -0.25) is 4.57 Å². The second-order valence-electron chi connectivity index (χ2n) is 12.2. The molecule has 0 aliphatic rings. The summed E-state index contributed by atoms with van der Waals surface area (Å²) in [5.74, 6) is 0.0648. The molecular formula is C46H24N4S3. The van der Waals surface area contributed by atoms with Crippen molar-refractivity contribution in [1.29, 1.82) is 0 Å². The minimum absolute atomic E-state index is 0.00277. The molecule has 4 nitrogen and oxygen atoms in total. The molecule has 0 amide bonds. The van der Waals surface area contributed by atoms with Gasteiger partial charge in [0.15, 0.2) is 5.82 Å². The van der Waals surface area contributed by atoms with Crippen LogP contribution in [0.1, 0.15) is 27.4 Å². The zero-order valence-corrected chi connectivity index (χ0v) is 28.8. The highest BCUT2D eigenvalue weighted by Crippen LogP contribution is 2.46. The fourth-order valence-corrected chi connectivity index (χ4v) is 10.8. The fraction of sp³-hybridized carbons (Fsp3) is 0. The van der Waals surface area contributed by atoms with E-state index < -0.39 is 103 Å². The van der Waals surface area contributed by atoms with Gasteiger partial charge in [-0.25, -0.2) is 9.97 Å². The van der Waals surface area contributed by atoms with E-state index in [1.165, 1.54) is 26.8 Å². The topological polar surface area (TPSA) is 35.6 Å². The van der Waals surface area contributed by atoms with Crippen molar-refractivity contribution in [1.82, 2.24) is 19.1 Å². The maximum Gasteiger partial charge on any atom is 0.159 e. The Balaban J connectivity index is 1.15. The van der Waals surface area contributed by atoms with Gasteiger partial charge in [0.1, 0.15) is 6.33 Å². The lowest BCUT2D eigenvalue weighted by atomic mass is 10.1. The van der Waals surface area contributed by atoms with Crippen molar-refractivity contribution in [2.24, 2.45) is 0 Å². The van der Waals surface area contributed by atoms with Gasteiger partial charge in [-0.2, -0.15) is 0 Å². The van der Waals surface area contributed by atoms with Gasteiger partial charge in [0.05, 0.1) is 59.7 Å². The van der Waals surface area contributed by atoms with E-state index in [0.29, 0.717) is 20.3 Å². The Labute approximate surface area is 341 Å². The standard InChI is InChI=1S/C46H24N4S3/c1-5-13-33-30(11-1)40-35(20-18-28-26-9-3-7-15-37(26)51-43(28)40)49(33)25-17-22-39-32(23-25)42-45(53-39)46(48-24-47-42)50-34-14-6-2-12-31(34)41-36(50)21-19-29-27-10-4-8-16-38(27)52-44(29)41/h1-24H/i1D,2D,3D,4D,5D,6D,7D,8D,9D,10D,11D,12D,13D,14D,15D,16D,18D,19D,20D,21D. The molecule has 246 valence electrons. The van der Waals surface area contributed by atoms with Crippen molar-refractivity contribution < 1.29 is 27.4 Å². The first-order valence-corrected chi connectivity index (χ1v) is 18.5. The average Bonchev–Trinajstić information content (AvgIpc) is 4.23. The molecule has 13 aromatic rings. The van der Waals surface area contributed by atoms with Crippen molar-refractivity contribution in [2.45, 2.75) is 0 Å². The molecule has 0 aliphatic carbocycles. The molecule has 0 fully saturated rings. The van der Waals surface area contributed by atoms with Crippen LogP contribution in [0.4, 0.5) is 0 Å². The first kappa shape index (κ1) is 15.9. The highest BCUT2D eigenvalue weighted by molar-refractivity contribution is 7.27. The minimum atomic E-state index is -0.596. The van der Waals surface area contributed by atoms with Crippen molar-refractivity contribution in [2.75, 3.05) is 0 Å². The highest BCUT2D eigenvalue weighted by Gasteiger charge is 2.22. The maximum absolute atomic E-state index is 9.57. The van der Waals surface area contributed by atoms with Gasteiger partial charge in [-0.15, -0.1) is 34.0 Å². The molecule has 0 atom stereocenters. The Bertz CT molecular complexity index is 4880. The van der Waals surface area contributed by atoms with E-state index in [1.807, 2.05) is 0 Å².